The molecule has 1 unspecified atom stereocenters. The summed E-state index contributed by atoms with van der Waals surface area (Å²) in [5, 5.41) is 8.58. The van der Waals surface area contributed by atoms with Crippen LogP contribution in [0.2, 0.25) is 0 Å². The van der Waals surface area contributed by atoms with Gasteiger partial charge in [-0.2, -0.15) is 11.8 Å². The molecule has 2 aromatic rings. The third-order valence-electron chi connectivity index (χ3n) is 3.60. The second-order valence-corrected chi connectivity index (χ2v) is 8.85. The minimum atomic E-state index is -3.48. The normalized spacial score (nSPS) is 12.5. The Morgan fingerprint density at radius 3 is 2.44 bits per heavy atom. The van der Waals surface area contributed by atoms with Gasteiger partial charge in [-0.05, 0) is 48.9 Å². The molecule has 0 radical (unpaired) electrons. The highest BCUT2D eigenvalue weighted by Gasteiger charge is 2.16. The van der Waals surface area contributed by atoms with Gasteiger partial charge in [-0.25, -0.2) is 17.9 Å². The topological polar surface area (TPSA) is 92.7 Å². The fourth-order valence-corrected chi connectivity index (χ4v) is 4.67. The Labute approximate surface area is 164 Å². The zero-order valence-corrected chi connectivity index (χ0v) is 16.6. The number of ether oxygens (including phenoxy) is 1. The number of carboxylic acids is 1. The lowest BCUT2D eigenvalue weighted by atomic mass is 10.2. The number of rotatable bonds is 11. The number of hydrogen-bond donors (Lipinski definition) is 2. The SMILES string of the molecule is CC(CSCCc1ccc(OCC(=O)O)cc1)NS(=O)(=O)c1ccccc1. The van der Waals surface area contributed by atoms with Crippen LogP contribution in [0.1, 0.15) is 12.5 Å². The molecule has 2 rings (SSSR count). The van der Waals surface area contributed by atoms with E-state index in [1.165, 1.54) is 0 Å². The van der Waals surface area contributed by atoms with Crippen molar-refractivity contribution >= 4 is 27.8 Å². The van der Waals surface area contributed by atoms with Gasteiger partial charge in [0.15, 0.2) is 6.61 Å². The molecule has 27 heavy (non-hydrogen) atoms. The number of carboxylic acid groups (broad SMARTS) is 1. The molecule has 0 bridgehead atoms. The fraction of sp³-hybridized carbons (Fsp3) is 0.316. The molecule has 0 spiro atoms. The summed E-state index contributed by atoms with van der Waals surface area (Å²) in [5.41, 5.74) is 1.11. The molecule has 2 aromatic carbocycles. The van der Waals surface area contributed by atoms with E-state index < -0.39 is 16.0 Å². The van der Waals surface area contributed by atoms with Crippen LogP contribution in [-0.4, -0.2) is 43.6 Å². The van der Waals surface area contributed by atoms with Gasteiger partial charge in [-0.3, -0.25) is 0 Å². The maximum atomic E-state index is 12.3. The number of aryl methyl sites for hydroxylation is 1. The van der Waals surface area contributed by atoms with Gasteiger partial charge in [-0.1, -0.05) is 30.3 Å². The number of aliphatic carboxylic acids is 1. The highest BCUT2D eigenvalue weighted by atomic mass is 32.2. The highest BCUT2D eigenvalue weighted by molar-refractivity contribution is 7.99. The van der Waals surface area contributed by atoms with Crippen molar-refractivity contribution in [3.05, 3.63) is 60.2 Å². The first-order chi connectivity index (χ1) is 12.9. The molecule has 1 atom stereocenters. The summed E-state index contributed by atoms with van der Waals surface area (Å²) >= 11 is 1.67. The van der Waals surface area contributed by atoms with Crippen molar-refractivity contribution < 1.29 is 23.1 Å². The van der Waals surface area contributed by atoms with Crippen molar-refractivity contribution in [2.24, 2.45) is 0 Å². The Kier molecular flexibility index (Phi) is 8.15. The summed E-state index contributed by atoms with van der Waals surface area (Å²) in [6.07, 6.45) is 0.835. The lowest BCUT2D eigenvalue weighted by Gasteiger charge is -2.14. The van der Waals surface area contributed by atoms with E-state index in [1.54, 1.807) is 54.2 Å². The summed E-state index contributed by atoms with van der Waals surface area (Å²) in [4.78, 5) is 10.7. The molecule has 0 aliphatic rings. The monoisotopic (exact) mass is 409 g/mol. The van der Waals surface area contributed by atoms with Crippen LogP contribution in [0, 0.1) is 0 Å². The quantitative estimate of drug-likeness (QED) is 0.555. The number of benzene rings is 2. The number of thioether (sulfide) groups is 1. The van der Waals surface area contributed by atoms with Crippen molar-refractivity contribution in [1.82, 2.24) is 4.72 Å². The van der Waals surface area contributed by atoms with E-state index in [-0.39, 0.29) is 17.5 Å². The van der Waals surface area contributed by atoms with E-state index in [0.29, 0.717) is 11.5 Å². The molecular formula is C19H23NO5S2. The van der Waals surface area contributed by atoms with Crippen LogP contribution in [0.15, 0.2) is 59.5 Å². The molecule has 0 fully saturated rings. The van der Waals surface area contributed by atoms with E-state index >= 15 is 0 Å². The minimum absolute atomic E-state index is 0.174. The van der Waals surface area contributed by atoms with Gasteiger partial charge in [0.25, 0.3) is 0 Å². The molecule has 0 saturated carbocycles. The molecule has 0 saturated heterocycles. The number of hydrogen-bond acceptors (Lipinski definition) is 5. The maximum Gasteiger partial charge on any atom is 0.341 e. The van der Waals surface area contributed by atoms with Crippen LogP contribution in [-0.2, 0) is 21.2 Å². The second-order valence-electron chi connectivity index (χ2n) is 5.99. The lowest BCUT2D eigenvalue weighted by Crippen LogP contribution is -2.34. The first-order valence-corrected chi connectivity index (χ1v) is 11.1. The number of carbonyl (C=O) groups is 1. The first kappa shape index (κ1) is 21.3. The van der Waals surface area contributed by atoms with Gasteiger partial charge in [0.05, 0.1) is 4.90 Å². The standard InChI is InChI=1S/C19H23NO5S2/c1-15(20-27(23,24)18-5-3-2-4-6-18)14-26-12-11-16-7-9-17(10-8-16)25-13-19(21)22/h2-10,15,20H,11-14H2,1H3,(H,21,22). The lowest BCUT2D eigenvalue weighted by molar-refractivity contribution is -0.139. The van der Waals surface area contributed by atoms with Gasteiger partial charge >= 0.3 is 5.97 Å². The van der Waals surface area contributed by atoms with Crippen molar-refractivity contribution in [2.75, 3.05) is 18.1 Å². The van der Waals surface area contributed by atoms with Crippen LogP contribution < -0.4 is 9.46 Å². The summed E-state index contributed by atoms with van der Waals surface area (Å²) in [6.45, 7) is 1.49. The van der Waals surface area contributed by atoms with Gasteiger partial charge in [0, 0.05) is 11.8 Å². The molecule has 146 valence electrons. The van der Waals surface area contributed by atoms with Crippen molar-refractivity contribution in [3.8, 4) is 5.75 Å². The van der Waals surface area contributed by atoms with E-state index in [9.17, 15) is 13.2 Å². The molecule has 0 amide bonds. The van der Waals surface area contributed by atoms with Crippen molar-refractivity contribution in [1.29, 1.82) is 0 Å². The summed E-state index contributed by atoms with van der Waals surface area (Å²) in [5.74, 6) is 1.05. The highest BCUT2D eigenvalue weighted by Crippen LogP contribution is 2.15. The Bertz CT molecular complexity index is 823. The Hall–Kier alpha value is -2.03. The largest absolute Gasteiger partial charge is 0.482 e. The van der Waals surface area contributed by atoms with E-state index in [4.69, 9.17) is 9.84 Å². The average Bonchev–Trinajstić information content (AvgIpc) is 2.65. The van der Waals surface area contributed by atoms with Crippen molar-refractivity contribution in [2.45, 2.75) is 24.3 Å². The van der Waals surface area contributed by atoms with Gasteiger partial charge in [0.2, 0.25) is 10.0 Å². The van der Waals surface area contributed by atoms with Gasteiger partial charge in [-0.15, -0.1) is 0 Å². The molecule has 6 nitrogen and oxygen atoms in total. The fourth-order valence-electron chi connectivity index (χ4n) is 2.31. The first-order valence-electron chi connectivity index (χ1n) is 8.45. The number of sulfonamides is 1. The van der Waals surface area contributed by atoms with E-state index in [1.807, 2.05) is 19.1 Å². The molecule has 0 heterocycles. The Balaban J connectivity index is 1.71. The zero-order chi connectivity index (χ0) is 19.7. The van der Waals surface area contributed by atoms with E-state index in [2.05, 4.69) is 4.72 Å². The van der Waals surface area contributed by atoms with E-state index in [0.717, 1.165) is 17.7 Å². The van der Waals surface area contributed by atoms with Crippen molar-refractivity contribution in [3.63, 3.8) is 0 Å². The predicted octanol–water partition coefficient (Wildman–Crippen LogP) is 2.79. The van der Waals surface area contributed by atoms with Crippen LogP contribution in [0.4, 0.5) is 0 Å². The van der Waals surface area contributed by atoms with Crippen LogP contribution in [0.25, 0.3) is 0 Å². The molecule has 2 N–H and O–H groups in total. The zero-order valence-electron chi connectivity index (χ0n) is 15.0. The molecule has 0 aromatic heterocycles. The summed E-state index contributed by atoms with van der Waals surface area (Å²) < 4.78 is 32.3. The molecule has 0 aliphatic heterocycles. The van der Waals surface area contributed by atoms with Gasteiger partial charge < -0.3 is 9.84 Å². The van der Waals surface area contributed by atoms with Crippen LogP contribution in [0.3, 0.4) is 0 Å². The maximum absolute atomic E-state index is 12.3. The molecule has 8 heteroatoms. The van der Waals surface area contributed by atoms with Crippen LogP contribution in [0.5, 0.6) is 5.75 Å². The average molecular weight is 410 g/mol. The smallest absolute Gasteiger partial charge is 0.341 e. The third-order valence-corrected chi connectivity index (χ3v) is 6.43. The predicted molar refractivity (Wildman–Crippen MR) is 107 cm³/mol. The Morgan fingerprint density at radius 2 is 1.81 bits per heavy atom. The van der Waals surface area contributed by atoms with Crippen LogP contribution >= 0.6 is 11.8 Å². The Morgan fingerprint density at radius 1 is 1.15 bits per heavy atom. The molecular weight excluding hydrogens is 386 g/mol. The molecule has 0 aliphatic carbocycles. The minimum Gasteiger partial charge on any atom is -0.482 e. The number of nitrogens with one attached hydrogen (secondary N) is 1. The summed E-state index contributed by atoms with van der Waals surface area (Å²) in [7, 11) is -3.48. The third kappa shape index (κ3) is 7.62. The van der Waals surface area contributed by atoms with Gasteiger partial charge in [0.1, 0.15) is 5.75 Å². The second kappa shape index (κ2) is 10.3. The summed E-state index contributed by atoms with van der Waals surface area (Å²) in [6, 6.07) is 15.5.